The van der Waals surface area contributed by atoms with E-state index in [2.05, 4.69) is 15.0 Å². The first-order chi connectivity index (χ1) is 8.70. The van der Waals surface area contributed by atoms with E-state index in [-0.39, 0.29) is 11.3 Å². The number of nitro groups is 1. The van der Waals surface area contributed by atoms with E-state index in [4.69, 9.17) is 0 Å². The Balaban J connectivity index is 2.21. The van der Waals surface area contributed by atoms with Crippen LogP contribution in [-0.2, 0) is 6.54 Å². The Labute approximate surface area is 102 Å². The highest BCUT2D eigenvalue weighted by molar-refractivity contribution is 5.79. The number of aromatic nitrogens is 1. The summed E-state index contributed by atoms with van der Waals surface area (Å²) in [5.41, 5.74) is 1.06. The number of hydrogen-bond acceptors (Lipinski definition) is 6. The number of carbonyl (C=O) groups excluding carboxylic acids is 1. The van der Waals surface area contributed by atoms with Crippen molar-refractivity contribution in [2.75, 3.05) is 5.32 Å². The van der Waals surface area contributed by atoms with Gasteiger partial charge in [-0.25, -0.2) is 0 Å². The standard InChI is InChI=1S/C11H9N3O4/c15-7-8-1-2-10(11(5-8)14(16)17)12-6-9-3-4-18-13-9/h1-5,7,12H,6H2. The summed E-state index contributed by atoms with van der Waals surface area (Å²) >= 11 is 0. The molecule has 0 aliphatic heterocycles. The van der Waals surface area contributed by atoms with E-state index in [9.17, 15) is 14.9 Å². The minimum absolute atomic E-state index is 0.150. The molecule has 7 nitrogen and oxygen atoms in total. The average molecular weight is 247 g/mol. The molecule has 1 N–H and O–H groups in total. The van der Waals surface area contributed by atoms with E-state index in [0.717, 1.165) is 0 Å². The van der Waals surface area contributed by atoms with Gasteiger partial charge in [-0.15, -0.1) is 0 Å². The van der Waals surface area contributed by atoms with Crippen LogP contribution < -0.4 is 5.32 Å². The zero-order chi connectivity index (χ0) is 13.0. The Hall–Kier alpha value is -2.70. The van der Waals surface area contributed by atoms with Crippen LogP contribution in [0.1, 0.15) is 16.1 Å². The number of nitrogens with one attached hydrogen (secondary N) is 1. The van der Waals surface area contributed by atoms with E-state index in [1.807, 2.05) is 0 Å². The van der Waals surface area contributed by atoms with Crippen LogP contribution >= 0.6 is 0 Å². The molecule has 0 saturated heterocycles. The molecule has 0 aliphatic carbocycles. The molecular formula is C11H9N3O4. The Kier molecular flexibility index (Phi) is 3.33. The van der Waals surface area contributed by atoms with E-state index in [1.165, 1.54) is 24.5 Å². The number of anilines is 1. The van der Waals surface area contributed by atoms with Crippen LogP contribution in [0.5, 0.6) is 0 Å². The fourth-order valence-electron chi connectivity index (χ4n) is 1.44. The number of hydrogen-bond donors (Lipinski definition) is 1. The molecule has 18 heavy (non-hydrogen) atoms. The highest BCUT2D eigenvalue weighted by Gasteiger charge is 2.14. The molecule has 0 saturated carbocycles. The van der Waals surface area contributed by atoms with Crippen molar-refractivity contribution in [3.8, 4) is 0 Å². The van der Waals surface area contributed by atoms with Gasteiger partial charge < -0.3 is 9.84 Å². The van der Waals surface area contributed by atoms with Gasteiger partial charge >= 0.3 is 0 Å². The van der Waals surface area contributed by atoms with Crippen LogP contribution in [0.4, 0.5) is 11.4 Å². The third-order valence-corrected chi connectivity index (χ3v) is 2.31. The first-order valence-electron chi connectivity index (χ1n) is 5.07. The maximum Gasteiger partial charge on any atom is 0.293 e. The molecule has 7 heteroatoms. The van der Waals surface area contributed by atoms with Crippen molar-refractivity contribution in [1.29, 1.82) is 0 Å². The van der Waals surface area contributed by atoms with E-state index >= 15 is 0 Å². The average Bonchev–Trinajstić information content (AvgIpc) is 2.89. The lowest BCUT2D eigenvalue weighted by Gasteiger charge is -2.05. The maximum absolute atomic E-state index is 10.9. The van der Waals surface area contributed by atoms with E-state index in [0.29, 0.717) is 24.2 Å². The van der Waals surface area contributed by atoms with Gasteiger partial charge in [0.25, 0.3) is 5.69 Å². The number of nitrogens with zero attached hydrogens (tertiary/aromatic N) is 2. The van der Waals surface area contributed by atoms with Crippen molar-refractivity contribution in [2.45, 2.75) is 6.54 Å². The molecular weight excluding hydrogens is 238 g/mol. The smallest absolute Gasteiger partial charge is 0.293 e. The maximum atomic E-state index is 10.9. The van der Waals surface area contributed by atoms with Gasteiger partial charge in [0.1, 0.15) is 23.9 Å². The number of rotatable bonds is 5. The summed E-state index contributed by atoms with van der Waals surface area (Å²) in [7, 11) is 0. The molecule has 2 rings (SSSR count). The summed E-state index contributed by atoms with van der Waals surface area (Å²) in [6, 6.07) is 5.86. The zero-order valence-corrected chi connectivity index (χ0v) is 9.20. The Morgan fingerprint density at radius 3 is 2.89 bits per heavy atom. The van der Waals surface area contributed by atoms with Crippen molar-refractivity contribution in [3.63, 3.8) is 0 Å². The van der Waals surface area contributed by atoms with Crippen LogP contribution in [0, 0.1) is 10.1 Å². The van der Waals surface area contributed by atoms with Crippen molar-refractivity contribution in [3.05, 3.63) is 51.9 Å². The predicted octanol–water partition coefficient (Wildman–Crippen LogP) is 2.01. The fraction of sp³-hybridized carbons (Fsp3) is 0.0909. The molecule has 0 unspecified atom stereocenters. The van der Waals surface area contributed by atoms with Gasteiger partial charge in [-0.3, -0.25) is 14.9 Å². The molecule has 0 amide bonds. The molecule has 1 heterocycles. The van der Waals surface area contributed by atoms with Crippen LogP contribution in [0.25, 0.3) is 0 Å². The third-order valence-electron chi connectivity index (χ3n) is 2.31. The zero-order valence-electron chi connectivity index (χ0n) is 9.20. The number of aldehydes is 1. The summed E-state index contributed by atoms with van der Waals surface area (Å²) in [6.07, 6.45) is 1.98. The van der Waals surface area contributed by atoms with Crippen LogP contribution in [0.15, 0.2) is 35.1 Å². The van der Waals surface area contributed by atoms with Crippen molar-refractivity contribution in [2.24, 2.45) is 0 Å². The van der Waals surface area contributed by atoms with Gasteiger partial charge in [0.15, 0.2) is 0 Å². The Morgan fingerprint density at radius 1 is 1.44 bits per heavy atom. The topological polar surface area (TPSA) is 98.3 Å². The van der Waals surface area contributed by atoms with Crippen LogP contribution in [-0.4, -0.2) is 16.4 Å². The van der Waals surface area contributed by atoms with Crippen LogP contribution in [0.3, 0.4) is 0 Å². The lowest BCUT2D eigenvalue weighted by atomic mass is 10.2. The molecule has 0 aliphatic rings. The van der Waals surface area contributed by atoms with E-state index in [1.54, 1.807) is 6.07 Å². The van der Waals surface area contributed by atoms with Crippen molar-refractivity contribution < 1.29 is 14.2 Å². The lowest BCUT2D eigenvalue weighted by Crippen LogP contribution is -2.03. The van der Waals surface area contributed by atoms with Crippen molar-refractivity contribution >= 4 is 17.7 Å². The molecule has 1 aromatic heterocycles. The number of benzene rings is 1. The first kappa shape index (κ1) is 11.8. The molecule has 0 spiro atoms. The van der Waals surface area contributed by atoms with Crippen LogP contribution in [0.2, 0.25) is 0 Å². The van der Waals surface area contributed by atoms with Gasteiger partial charge in [-0.2, -0.15) is 0 Å². The van der Waals surface area contributed by atoms with Gasteiger partial charge in [0, 0.05) is 17.7 Å². The Morgan fingerprint density at radius 2 is 2.28 bits per heavy atom. The second kappa shape index (κ2) is 5.09. The molecule has 0 atom stereocenters. The molecule has 2 aromatic rings. The largest absolute Gasteiger partial charge is 0.374 e. The molecule has 0 radical (unpaired) electrons. The quantitative estimate of drug-likeness (QED) is 0.493. The molecule has 0 bridgehead atoms. The molecule has 0 fully saturated rings. The summed E-state index contributed by atoms with van der Waals surface area (Å²) in [5, 5.41) is 17.4. The molecule has 1 aromatic carbocycles. The minimum Gasteiger partial charge on any atom is -0.374 e. The van der Waals surface area contributed by atoms with Gasteiger partial charge in [0.2, 0.25) is 0 Å². The summed E-state index contributed by atoms with van der Waals surface area (Å²) in [6.45, 7) is 0.303. The lowest BCUT2D eigenvalue weighted by molar-refractivity contribution is -0.384. The summed E-state index contributed by atoms with van der Waals surface area (Å²) < 4.78 is 4.65. The predicted molar refractivity (Wildman–Crippen MR) is 62.3 cm³/mol. The second-order valence-electron chi connectivity index (χ2n) is 3.50. The van der Waals surface area contributed by atoms with Crippen molar-refractivity contribution in [1.82, 2.24) is 5.16 Å². The summed E-state index contributed by atoms with van der Waals surface area (Å²) in [4.78, 5) is 20.9. The van der Waals surface area contributed by atoms with Gasteiger partial charge in [0.05, 0.1) is 11.5 Å². The second-order valence-corrected chi connectivity index (χ2v) is 3.50. The van der Waals surface area contributed by atoms with Gasteiger partial charge in [-0.05, 0) is 12.1 Å². The highest BCUT2D eigenvalue weighted by Crippen LogP contribution is 2.25. The first-order valence-corrected chi connectivity index (χ1v) is 5.07. The SMILES string of the molecule is O=Cc1ccc(NCc2ccon2)c([N+](=O)[O-])c1. The number of carbonyl (C=O) groups is 1. The fourth-order valence-corrected chi connectivity index (χ4v) is 1.44. The van der Waals surface area contributed by atoms with Gasteiger partial charge in [-0.1, -0.05) is 5.16 Å². The number of nitro benzene ring substituents is 1. The summed E-state index contributed by atoms with van der Waals surface area (Å²) in [5.74, 6) is 0. The third kappa shape index (κ3) is 2.51. The minimum atomic E-state index is -0.544. The van der Waals surface area contributed by atoms with E-state index < -0.39 is 4.92 Å². The highest BCUT2D eigenvalue weighted by atomic mass is 16.6. The normalized spacial score (nSPS) is 10.0. The molecule has 92 valence electrons. The monoisotopic (exact) mass is 247 g/mol. The Bertz CT molecular complexity index is 566.